The van der Waals surface area contributed by atoms with E-state index in [1.807, 2.05) is 29.7 Å². The molecule has 2 heterocycles. The van der Waals surface area contributed by atoms with Crippen molar-refractivity contribution in [2.24, 2.45) is 17.5 Å². The van der Waals surface area contributed by atoms with Crippen LogP contribution in [0.15, 0.2) is 17.3 Å². The van der Waals surface area contributed by atoms with Gasteiger partial charge in [-0.2, -0.15) is 5.10 Å². The summed E-state index contributed by atoms with van der Waals surface area (Å²) in [5.41, 5.74) is 1.68. The van der Waals surface area contributed by atoms with Gasteiger partial charge in [-0.25, -0.2) is 0 Å². The molecule has 104 valence electrons. The quantitative estimate of drug-likeness (QED) is 0.922. The zero-order valence-corrected chi connectivity index (χ0v) is 12.4. The maximum absolute atomic E-state index is 4.74. The Morgan fingerprint density at radius 3 is 2.89 bits per heavy atom. The summed E-state index contributed by atoms with van der Waals surface area (Å²) < 4.78 is 1.85. The lowest BCUT2D eigenvalue weighted by molar-refractivity contribution is 0.358. The Labute approximate surface area is 119 Å². The smallest absolute Gasteiger partial charge is 0.156 e. The van der Waals surface area contributed by atoms with E-state index in [1.54, 1.807) is 0 Å². The summed E-state index contributed by atoms with van der Waals surface area (Å²) >= 11 is 1.91. The van der Waals surface area contributed by atoms with Gasteiger partial charge in [0, 0.05) is 38.5 Å². The lowest BCUT2D eigenvalue weighted by atomic mass is 9.89. The number of thioether (sulfide) groups is 1. The molecule has 1 spiro atoms. The molecule has 3 rings (SSSR count). The van der Waals surface area contributed by atoms with Crippen molar-refractivity contribution in [2.45, 2.75) is 32.1 Å². The van der Waals surface area contributed by atoms with Crippen molar-refractivity contribution in [1.82, 2.24) is 15.1 Å². The molecule has 1 aromatic heterocycles. The van der Waals surface area contributed by atoms with E-state index in [4.69, 9.17) is 4.99 Å². The van der Waals surface area contributed by atoms with Gasteiger partial charge in [0.25, 0.3) is 0 Å². The van der Waals surface area contributed by atoms with E-state index in [-0.39, 0.29) is 0 Å². The average molecular weight is 278 g/mol. The Kier molecular flexibility index (Phi) is 3.82. The molecule has 1 N–H and O–H groups in total. The molecule has 0 bridgehead atoms. The standard InChI is InChI=1S/C14H22N4S/c1-18-9-5-12(17-18)4-8-15-13-16-10-14(11-19-13)6-2-3-7-14/h5,9H,2-4,6-8,10-11H2,1H3,(H,15,16). The molecule has 5 heteroatoms. The molecule has 0 amide bonds. The fourth-order valence-electron chi connectivity index (χ4n) is 2.98. The van der Waals surface area contributed by atoms with Gasteiger partial charge in [0.05, 0.1) is 5.69 Å². The number of amidine groups is 1. The van der Waals surface area contributed by atoms with Crippen molar-refractivity contribution in [3.05, 3.63) is 18.0 Å². The van der Waals surface area contributed by atoms with Gasteiger partial charge < -0.3 is 5.32 Å². The summed E-state index contributed by atoms with van der Waals surface area (Å²) in [5, 5.41) is 8.96. The van der Waals surface area contributed by atoms with Crippen molar-refractivity contribution in [1.29, 1.82) is 0 Å². The molecule has 0 atom stereocenters. The second-order valence-corrected chi connectivity index (χ2v) is 6.74. The number of nitrogens with one attached hydrogen (secondary N) is 1. The van der Waals surface area contributed by atoms with Crippen LogP contribution in [0.4, 0.5) is 0 Å². The minimum atomic E-state index is 0.539. The first-order valence-corrected chi connectivity index (χ1v) is 8.14. The zero-order chi connectivity index (χ0) is 13.1. The Bertz CT molecular complexity index is 460. The molecule has 1 fully saturated rings. The molecule has 1 aromatic rings. The minimum Gasteiger partial charge on any atom is -0.365 e. The van der Waals surface area contributed by atoms with Crippen LogP contribution in [0, 0.1) is 5.41 Å². The fourth-order valence-corrected chi connectivity index (χ4v) is 4.16. The van der Waals surface area contributed by atoms with Gasteiger partial charge in [0.15, 0.2) is 5.17 Å². The number of nitrogens with zero attached hydrogens (tertiary/aromatic N) is 3. The first-order chi connectivity index (χ1) is 9.26. The van der Waals surface area contributed by atoms with Crippen molar-refractivity contribution >= 4 is 16.9 Å². The number of aromatic nitrogens is 2. The van der Waals surface area contributed by atoms with Crippen molar-refractivity contribution in [3.63, 3.8) is 0 Å². The van der Waals surface area contributed by atoms with E-state index in [0.717, 1.165) is 30.4 Å². The van der Waals surface area contributed by atoms with Gasteiger partial charge in [-0.3, -0.25) is 9.67 Å². The summed E-state index contributed by atoms with van der Waals surface area (Å²) in [6, 6.07) is 2.07. The number of aryl methyl sites for hydroxylation is 1. The molecule has 0 aromatic carbocycles. The third kappa shape index (κ3) is 3.14. The number of aliphatic imine (C=N–C) groups is 1. The van der Waals surface area contributed by atoms with E-state index in [2.05, 4.69) is 16.5 Å². The summed E-state index contributed by atoms with van der Waals surface area (Å²) in [6.45, 7) is 1.96. The maximum atomic E-state index is 4.74. The molecule has 1 aliphatic heterocycles. The van der Waals surface area contributed by atoms with E-state index in [1.165, 1.54) is 31.4 Å². The highest BCUT2D eigenvalue weighted by atomic mass is 32.2. The molecule has 0 unspecified atom stereocenters. The van der Waals surface area contributed by atoms with Crippen LogP contribution in [0.2, 0.25) is 0 Å². The Balaban J connectivity index is 1.45. The van der Waals surface area contributed by atoms with E-state index >= 15 is 0 Å². The second-order valence-electron chi connectivity index (χ2n) is 5.77. The van der Waals surface area contributed by atoms with Gasteiger partial charge in [-0.1, -0.05) is 24.6 Å². The van der Waals surface area contributed by atoms with Crippen molar-refractivity contribution in [2.75, 3.05) is 18.8 Å². The first-order valence-electron chi connectivity index (χ1n) is 7.15. The Morgan fingerprint density at radius 1 is 1.42 bits per heavy atom. The molecule has 0 saturated heterocycles. The van der Waals surface area contributed by atoms with Crippen LogP contribution in [0.3, 0.4) is 0 Å². The molecule has 4 nitrogen and oxygen atoms in total. The highest BCUT2D eigenvalue weighted by Crippen LogP contribution is 2.43. The maximum Gasteiger partial charge on any atom is 0.156 e. The first kappa shape index (κ1) is 13.0. The van der Waals surface area contributed by atoms with Crippen LogP contribution >= 0.6 is 11.8 Å². The van der Waals surface area contributed by atoms with Crippen LogP contribution in [0.25, 0.3) is 0 Å². The third-order valence-corrected chi connectivity index (χ3v) is 5.47. The predicted molar refractivity (Wildman–Crippen MR) is 80.6 cm³/mol. The topological polar surface area (TPSA) is 42.2 Å². The fraction of sp³-hybridized carbons (Fsp3) is 0.714. The van der Waals surface area contributed by atoms with Crippen molar-refractivity contribution < 1.29 is 0 Å². The van der Waals surface area contributed by atoms with Crippen LogP contribution < -0.4 is 5.32 Å². The highest BCUT2D eigenvalue weighted by Gasteiger charge is 2.36. The van der Waals surface area contributed by atoms with Gasteiger partial charge in [0.1, 0.15) is 0 Å². The van der Waals surface area contributed by atoms with Crippen LogP contribution in [-0.2, 0) is 13.5 Å². The SMILES string of the molecule is Cn1ccc(CCNC2=NCC3(CCCC3)CS2)n1. The van der Waals surface area contributed by atoms with E-state index in [9.17, 15) is 0 Å². The molecule has 2 aliphatic rings. The number of hydrogen-bond acceptors (Lipinski definition) is 4. The molecule has 1 aliphatic carbocycles. The number of hydrogen-bond donors (Lipinski definition) is 1. The number of rotatable bonds is 3. The summed E-state index contributed by atoms with van der Waals surface area (Å²) in [7, 11) is 1.96. The summed E-state index contributed by atoms with van der Waals surface area (Å²) in [6.07, 6.45) is 8.52. The molecular weight excluding hydrogens is 256 g/mol. The Morgan fingerprint density at radius 2 is 2.26 bits per heavy atom. The molecule has 1 saturated carbocycles. The molecule has 0 radical (unpaired) electrons. The van der Waals surface area contributed by atoms with Crippen LogP contribution in [0.5, 0.6) is 0 Å². The second kappa shape index (κ2) is 5.57. The molecule has 19 heavy (non-hydrogen) atoms. The van der Waals surface area contributed by atoms with Gasteiger partial charge in [-0.15, -0.1) is 0 Å². The zero-order valence-electron chi connectivity index (χ0n) is 11.6. The highest BCUT2D eigenvalue weighted by molar-refractivity contribution is 8.13. The Hall–Kier alpha value is -0.970. The van der Waals surface area contributed by atoms with Gasteiger partial charge in [0.2, 0.25) is 0 Å². The molecular formula is C14H22N4S. The van der Waals surface area contributed by atoms with Gasteiger partial charge >= 0.3 is 0 Å². The van der Waals surface area contributed by atoms with E-state index in [0.29, 0.717) is 5.41 Å². The monoisotopic (exact) mass is 278 g/mol. The average Bonchev–Trinajstić information content (AvgIpc) is 3.02. The third-order valence-electron chi connectivity index (χ3n) is 4.16. The van der Waals surface area contributed by atoms with Crippen LogP contribution in [0.1, 0.15) is 31.4 Å². The van der Waals surface area contributed by atoms with Crippen molar-refractivity contribution in [3.8, 4) is 0 Å². The summed E-state index contributed by atoms with van der Waals surface area (Å²) in [4.78, 5) is 4.74. The largest absolute Gasteiger partial charge is 0.365 e. The normalized spacial score (nSPS) is 21.6. The minimum absolute atomic E-state index is 0.539. The lowest BCUT2D eigenvalue weighted by Crippen LogP contribution is -2.34. The van der Waals surface area contributed by atoms with Gasteiger partial charge in [-0.05, 0) is 24.3 Å². The lowest BCUT2D eigenvalue weighted by Gasteiger charge is -2.31. The van der Waals surface area contributed by atoms with E-state index < -0.39 is 0 Å². The van der Waals surface area contributed by atoms with Crippen LogP contribution in [-0.4, -0.2) is 33.8 Å². The predicted octanol–water partition coefficient (Wildman–Crippen LogP) is 2.22. The summed E-state index contributed by atoms with van der Waals surface area (Å²) in [5.74, 6) is 1.25.